The Balaban J connectivity index is 3.11. The Labute approximate surface area is 108 Å². The van der Waals surface area contributed by atoms with Crippen LogP contribution >= 0.6 is 23.8 Å². The molecule has 0 heterocycles. The molecule has 7 heteroatoms. The maximum atomic E-state index is 8.52. The minimum absolute atomic E-state index is 0.162. The first-order valence-electron chi connectivity index (χ1n) is 4.31. The molecule has 0 spiro atoms. The number of hydrazone groups is 1. The van der Waals surface area contributed by atoms with E-state index in [1.54, 1.807) is 30.3 Å². The lowest BCUT2D eigenvalue weighted by atomic mass is 10.2. The van der Waals surface area contributed by atoms with Crippen LogP contribution in [0, 0.1) is 22.7 Å². The van der Waals surface area contributed by atoms with Crippen LogP contribution in [-0.2, 0) is 0 Å². The number of thiocarbonyl (C=S) groups is 1. The predicted molar refractivity (Wildman–Crippen MR) is 69.6 cm³/mol. The molecule has 84 valence electrons. The van der Waals surface area contributed by atoms with E-state index < -0.39 is 0 Å². The average molecular weight is 264 g/mol. The topological polar surface area (TPSA) is 98.0 Å². The molecule has 5 nitrogen and oxygen atoms in total. The van der Waals surface area contributed by atoms with Crippen molar-refractivity contribution < 1.29 is 0 Å². The van der Waals surface area contributed by atoms with Gasteiger partial charge in [0, 0.05) is 10.6 Å². The summed E-state index contributed by atoms with van der Waals surface area (Å²) in [7, 11) is 0. The molecule has 0 aliphatic rings. The van der Waals surface area contributed by atoms with Gasteiger partial charge in [-0.15, -0.1) is 0 Å². The molecule has 0 fully saturated rings. The minimum Gasteiger partial charge on any atom is -0.389 e. The highest BCUT2D eigenvalue weighted by Gasteiger charge is 2.05. The molecule has 17 heavy (non-hydrogen) atoms. The summed E-state index contributed by atoms with van der Waals surface area (Å²) in [6.45, 7) is 0. The smallest absolute Gasteiger partial charge is 0.237 e. The van der Waals surface area contributed by atoms with Crippen LogP contribution in [-0.4, -0.2) is 10.7 Å². The summed E-state index contributed by atoms with van der Waals surface area (Å²) in [5.41, 5.74) is 8.70. The van der Waals surface area contributed by atoms with Crippen molar-refractivity contribution in [2.24, 2.45) is 10.8 Å². The number of nitrogens with one attached hydrogen (secondary N) is 1. The molecule has 1 rings (SSSR count). The van der Waals surface area contributed by atoms with Gasteiger partial charge in [0.2, 0.25) is 5.71 Å². The number of nitrogens with zero attached hydrogens (tertiary/aromatic N) is 3. The number of nitriles is 2. The Morgan fingerprint density at radius 2 is 2.06 bits per heavy atom. The van der Waals surface area contributed by atoms with Gasteiger partial charge in [0.1, 0.15) is 17.1 Å². The van der Waals surface area contributed by atoms with Gasteiger partial charge < -0.3 is 5.73 Å². The largest absolute Gasteiger partial charge is 0.389 e. The summed E-state index contributed by atoms with van der Waals surface area (Å²) < 4.78 is 0. The van der Waals surface area contributed by atoms with Gasteiger partial charge in [0.15, 0.2) is 0 Å². The monoisotopic (exact) mass is 263 g/mol. The lowest BCUT2D eigenvalue weighted by molar-refractivity contribution is 1.33. The molecule has 1 aromatic rings. The van der Waals surface area contributed by atoms with E-state index >= 15 is 0 Å². The quantitative estimate of drug-likeness (QED) is 0.492. The molecule has 1 aromatic carbocycles. The minimum atomic E-state index is -0.307. The average Bonchev–Trinajstić information content (AvgIpc) is 2.30. The van der Waals surface area contributed by atoms with E-state index in [0.29, 0.717) is 16.3 Å². The summed E-state index contributed by atoms with van der Waals surface area (Å²) >= 11 is 10.6. The second-order valence-corrected chi connectivity index (χ2v) is 3.73. The first-order valence-corrected chi connectivity index (χ1v) is 5.10. The van der Waals surface area contributed by atoms with Gasteiger partial charge in [-0.05, 0) is 18.2 Å². The third-order valence-corrected chi connectivity index (χ3v) is 2.20. The summed E-state index contributed by atoms with van der Waals surface area (Å²) in [5, 5.41) is 21.1. The second-order valence-electron chi connectivity index (χ2n) is 2.85. The molecule has 0 aliphatic carbocycles. The van der Waals surface area contributed by atoms with Crippen molar-refractivity contribution in [1.29, 1.82) is 10.5 Å². The van der Waals surface area contributed by atoms with Crippen LogP contribution in [0.5, 0.6) is 0 Å². The number of benzene rings is 1. The van der Waals surface area contributed by atoms with Gasteiger partial charge in [-0.3, -0.25) is 5.43 Å². The fraction of sp³-hybridized carbons (Fsp3) is 0. The summed E-state index contributed by atoms with van der Waals surface area (Å²) in [6.07, 6.45) is 0. The Hall–Kier alpha value is -2.15. The zero-order valence-electron chi connectivity index (χ0n) is 8.44. The highest BCUT2D eigenvalue weighted by atomic mass is 35.5. The van der Waals surface area contributed by atoms with Crippen molar-refractivity contribution in [2.75, 3.05) is 5.43 Å². The van der Waals surface area contributed by atoms with Gasteiger partial charge in [-0.1, -0.05) is 23.8 Å². The molecule has 0 saturated carbocycles. The Morgan fingerprint density at radius 1 is 1.41 bits per heavy atom. The van der Waals surface area contributed by atoms with Crippen LogP contribution in [0.25, 0.3) is 0 Å². The highest BCUT2D eigenvalue weighted by molar-refractivity contribution is 7.80. The van der Waals surface area contributed by atoms with Gasteiger partial charge >= 0.3 is 0 Å². The number of hydrogen-bond acceptors (Lipinski definition) is 5. The van der Waals surface area contributed by atoms with Crippen molar-refractivity contribution in [2.45, 2.75) is 0 Å². The maximum absolute atomic E-state index is 8.52. The van der Waals surface area contributed by atoms with E-state index in [-0.39, 0.29) is 10.7 Å². The number of nitrogens with two attached hydrogens (primary N) is 1. The lowest BCUT2D eigenvalue weighted by Gasteiger charge is -2.07. The van der Waals surface area contributed by atoms with Crippen LogP contribution < -0.4 is 11.2 Å². The van der Waals surface area contributed by atoms with E-state index in [9.17, 15) is 0 Å². The molecule has 0 bridgehead atoms. The standard InChI is InChI=1S/C10H6ClN5S/c11-6-1-2-8(10(14)17)9(3-6)16-15-7(4-12)5-13/h1-3,16H,(H2,14,17). The Kier molecular flexibility index (Phi) is 4.41. The van der Waals surface area contributed by atoms with E-state index in [1.165, 1.54) is 0 Å². The normalized spacial score (nSPS) is 8.65. The molecule has 0 amide bonds. The third kappa shape index (κ3) is 3.42. The third-order valence-electron chi connectivity index (χ3n) is 1.75. The van der Waals surface area contributed by atoms with Crippen LogP contribution in [0.2, 0.25) is 5.02 Å². The molecule has 0 unspecified atom stereocenters. The Morgan fingerprint density at radius 3 is 2.59 bits per heavy atom. The summed E-state index contributed by atoms with van der Waals surface area (Å²) in [6, 6.07) is 8.03. The van der Waals surface area contributed by atoms with Crippen molar-refractivity contribution in [3.63, 3.8) is 0 Å². The van der Waals surface area contributed by atoms with Crippen LogP contribution in [0.1, 0.15) is 5.56 Å². The maximum Gasteiger partial charge on any atom is 0.237 e. The van der Waals surface area contributed by atoms with Gasteiger partial charge in [-0.25, -0.2) is 0 Å². The SMILES string of the molecule is N#CC(C#N)=NNc1cc(Cl)ccc1C(N)=S. The van der Waals surface area contributed by atoms with E-state index in [1.807, 2.05) is 0 Å². The fourth-order valence-corrected chi connectivity index (χ4v) is 1.37. The van der Waals surface area contributed by atoms with Crippen LogP contribution in [0.3, 0.4) is 0 Å². The zero-order chi connectivity index (χ0) is 12.8. The molecular weight excluding hydrogens is 258 g/mol. The van der Waals surface area contributed by atoms with E-state index in [2.05, 4.69) is 10.5 Å². The fourth-order valence-electron chi connectivity index (χ4n) is 1.01. The lowest BCUT2D eigenvalue weighted by Crippen LogP contribution is -2.12. The van der Waals surface area contributed by atoms with E-state index in [4.69, 9.17) is 40.1 Å². The molecule has 3 N–H and O–H groups in total. The van der Waals surface area contributed by atoms with Crippen LogP contribution in [0.4, 0.5) is 5.69 Å². The first-order chi connectivity index (χ1) is 8.08. The predicted octanol–water partition coefficient (Wildman–Crippen LogP) is 1.79. The molecule has 0 saturated heterocycles. The summed E-state index contributed by atoms with van der Waals surface area (Å²) in [5.74, 6) is 0. The van der Waals surface area contributed by atoms with Crippen molar-refractivity contribution in [3.8, 4) is 12.1 Å². The van der Waals surface area contributed by atoms with Gasteiger partial charge in [0.25, 0.3) is 0 Å². The number of hydrogen-bond donors (Lipinski definition) is 2. The number of anilines is 1. The van der Waals surface area contributed by atoms with Crippen LogP contribution in [0.15, 0.2) is 23.3 Å². The molecular formula is C10H6ClN5S. The number of rotatable bonds is 3. The summed E-state index contributed by atoms with van der Waals surface area (Å²) in [4.78, 5) is 0.162. The molecule has 0 aromatic heterocycles. The first kappa shape index (κ1) is 12.9. The van der Waals surface area contributed by atoms with Gasteiger partial charge in [0.05, 0.1) is 5.69 Å². The number of halogens is 1. The molecule has 0 aliphatic heterocycles. The van der Waals surface area contributed by atoms with E-state index in [0.717, 1.165) is 0 Å². The Bertz CT molecular complexity index is 551. The highest BCUT2D eigenvalue weighted by Crippen LogP contribution is 2.21. The zero-order valence-corrected chi connectivity index (χ0v) is 10.0. The van der Waals surface area contributed by atoms with Crippen molar-refractivity contribution in [1.82, 2.24) is 0 Å². The second kappa shape index (κ2) is 5.80. The molecule has 0 atom stereocenters. The van der Waals surface area contributed by atoms with Crippen molar-refractivity contribution in [3.05, 3.63) is 28.8 Å². The van der Waals surface area contributed by atoms with Gasteiger partial charge in [-0.2, -0.15) is 15.6 Å². The van der Waals surface area contributed by atoms with Crippen molar-refractivity contribution >= 4 is 40.2 Å². The molecule has 0 radical (unpaired) electrons.